The minimum Gasteiger partial charge on any atom is -0.459 e. The molecule has 0 aliphatic carbocycles. The van der Waals surface area contributed by atoms with E-state index in [0.29, 0.717) is 6.54 Å². The molecule has 0 aromatic heterocycles. The van der Waals surface area contributed by atoms with Gasteiger partial charge in [0.25, 0.3) is 0 Å². The van der Waals surface area contributed by atoms with Crippen LogP contribution >= 0.6 is 0 Å². The molecule has 0 atom stereocenters. The molecule has 0 unspecified atom stereocenters. The summed E-state index contributed by atoms with van der Waals surface area (Å²) in [6.07, 6.45) is 6.30. The number of sulfonamides is 1. The zero-order valence-corrected chi connectivity index (χ0v) is 18.3. The van der Waals surface area contributed by atoms with Gasteiger partial charge >= 0.3 is 5.97 Å². The molecule has 1 aromatic carbocycles. The van der Waals surface area contributed by atoms with Crippen molar-refractivity contribution < 1.29 is 17.9 Å². The van der Waals surface area contributed by atoms with Crippen molar-refractivity contribution in [1.29, 1.82) is 0 Å². The van der Waals surface area contributed by atoms with Crippen molar-refractivity contribution >= 4 is 16.0 Å². The smallest absolute Gasteiger partial charge is 0.321 e. The number of carbonyl (C=O) groups excluding carboxylic acids is 1. The van der Waals surface area contributed by atoms with Crippen LogP contribution < -0.4 is 0 Å². The monoisotopic (exact) mass is 397 g/mol. The van der Waals surface area contributed by atoms with Crippen LogP contribution in [0.5, 0.6) is 0 Å². The SMILES string of the molecule is CCCCCCCCN(CC(=O)OC(C)(C)C)S(=O)(=O)c1ccc(C)cc1. The third kappa shape index (κ3) is 8.89. The molecule has 0 fully saturated rings. The molecule has 1 aromatic rings. The van der Waals surface area contributed by atoms with Crippen molar-refractivity contribution in [2.45, 2.75) is 83.6 Å². The zero-order valence-electron chi connectivity index (χ0n) is 17.5. The molecule has 0 bridgehead atoms. The highest BCUT2D eigenvalue weighted by molar-refractivity contribution is 7.89. The van der Waals surface area contributed by atoms with Gasteiger partial charge in [-0.25, -0.2) is 8.42 Å². The maximum Gasteiger partial charge on any atom is 0.321 e. The second-order valence-corrected chi connectivity index (χ2v) is 9.94. The van der Waals surface area contributed by atoms with E-state index in [9.17, 15) is 13.2 Å². The van der Waals surface area contributed by atoms with Gasteiger partial charge in [-0.05, 0) is 46.2 Å². The van der Waals surface area contributed by atoms with Crippen molar-refractivity contribution in [3.05, 3.63) is 29.8 Å². The lowest BCUT2D eigenvalue weighted by Crippen LogP contribution is -2.39. The number of hydrogen-bond donors (Lipinski definition) is 0. The largest absolute Gasteiger partial charge is 0.459 e. The minimum absolute atomic E-state index is 0.211. The number of esters is 1. The highest BCUT2D eigenvalue weighted by Gasteiger charge is 2.28. The van der Waals surface area contributed by atoms with Crippen molar-refractivity contribution in [3.63, 3.8) is 0 Å². The quantitative estimate of drug-likeness (QED) is 0.401. The average molecular weight is 398 g/mol. The standard InChI is InChI=1S/C21H35NO4S/c1-6-7-8-9-10-11-16-22(17-20(23)26-21(3,4)5)27(24,25)19-14-12-18(2)13-15-19/h12-15H,6-11,16-17H2,1-5H3. The summed E-state index contributed by atoms with van der Waals surface area (Å²) in [5, 5.41) is 0. The van der Waals surface area contributed by atoms with Gasteiger partial charge in [0.15, 0.2) is 0 Å². The normalized spacial score (nSPS) is 12.4. The van der Waals surface area contributed by atoms with Gasteiger partial charge in [0.2, 0.25) is 10.0 Å². The van der Waals surface area contributed by atoms with E-state index in [0.717, 1.165) is 31.2 Å². The molecule has 0 radical (unpaired) electrons. The summed E-state index contributed by atoms with van der Waals surface area (Å²) in [4.78, 5) is 12.5. The molecule has 0 saturated heterocycles. The van der Waals surface area contributed by atoms with Crippen LogP contribution in [0.4, 0.5) is 0 Å². The second kappa shape index (κ2) is 10.8. The molecule has 27 heavy (non-hydrogen) atoms. The van der Waals surface area contributed by atoms with Crippen LogP contribution in [-0.4, -0.2) is 37.4 Å². The van der Waals surface area contributed by atoms with Crippen molar-refractivity contribution in [2.24, 2.45) is 0 Å². The number of hydrogen-bond acceptors (Lipinski definition) is 4. The van der Waals surface area contributed by atoms with Crippen LogP contribution in [0, 0.1) is 6.92 Å². The fraction of sp³-hybridized carbons (Fsp3) is 0.667. The van der Waals surface area contributed by atoms with Gasteiger partial charge in [-0.1, -0.05) is 56.7 Å². The molecule has 0 saturated carbocycles. The maximum absolute atomic E-state index is 13.0. The summed E-state index contributed by atoms with van der Waals surface area (Å²) in [6.45, 7) is 9.46. The highest BCUT2D eigenvalue weighted by atomic mass is 32.2. The molecule has 0 spiro atoms. The van der Waals surface area contributed by atoms with Gasteiger partial charge in [-0.2, -0.15) is 4.31 Å². The Balaban J connectivity index is 2.85. The Morgan fingerprint density at radius 3 is 2.11 bits per heavy atom. The molecule has 0 amide bonds. The van der Waals surface area contributed by atoms with E-state index in [1.807, 2.05) is 6.92 Å². The number of ether oxygens (including phenoxy) is 1. The summed E-state index contributed by atoms with van der Waals surface area (Å²) in [6, 6.07) is 6.72. The van der Waals surface area contributed by atoms with E-state index < -0.39 is 21.6 Å². The molecular weight excluding hydrogens is 362 g/mol. The van der Waals surface area contributed by atoms with E-state index >= 15 is 0 Å². The molecular formula is C21H35NO4S. The van der Waals surface area contributed by atoms with E-state index in [2.05, 4.69) is 6.92 Å². The number of aryl methyl sites for hydroxylation is 1. The van der Waals surface area contributed by atoms with Crippen molar-refractivity contribution in [3.8, 4) is 0 Å². The topological polar surface area (TPSA) is 63.7 Å². The first-order valence-electron chi connectivity index (χ1n) is 9.85. The lowest BCUT2D eigenvalue weighted by molar-refractivity contribution is -0.155. The summed E-state index contributed by atoms with van der Waals surface area (Å²) in [5.41, 5.74) is 0.347. The number of benzene rings is 1. The third-order valence-electron chi connectivity index (χ3n) is 4.15. The van der Waals surface area contributed by atoms with E-state index in [4.69, 9.17) is 4.74 Å². The number of carbonyl (C=O) groups is 1. The van der Waals surface area contributed by atoms with E-state index in [-0.39, 0.29) is 11.4 Å². The molecule has 0 aliphatic heterocycles. The fourth-order valence-electron chi connectivity index (χ4n) is 2.73. The molecule has 6 heteroatoms. The van der Waals surface area contributed by atoms with Crippen LogP contribution in [0.1, 0.15) is 71.8 Å². The Morgan fingerprint density at radius 1 is 1.00 bits per heavy atom. The maximum atomic E-state index is 13.0. The van der Waals surface area contributed by atoms with Gasteiger partial charge in [0.05, 0.1) is 4.90 Å². The summed E-state index contributed by atoms with van der Waals surface area (Å²) in [7, 11) is -3.73. The zero-order chi connectivity index (χ0) is 20.5. The van der Waals surface area contributed by atoms with Crippen LogP contribution in [0.3, 0.4) is 0 Å². The lowest BCUT2D eigenvalue weighted by atomic mass is 10.1. The molecule has 0 aliphatic rings. The first-order chi connectivity index (χ1) is 12.6. The fourth-order valence-corrected chi connectivity index (χ4v) is 4.15. The number of rotatable bonds is 11. The predicted octanol–water partition coefficient (Wildman–Crippen LogP) is 4.69. The van der Waals surface area contributed by atoms with E-state index in [1.165, 1.54) is 17.1 Å². The molecule has 5 nitrogen and oxygen atoms in total. The van der Waals surface area contributed by atoms with Crippen LogP contribution in [-0.2, 0) is 19.6 Å². The first kappa shape index (κ1) is 23.6. The molecule has 1 rings (SSSR count). The first-order valence-corrected chi connectivity index (χ1v) is 11.3. The van der Waals surface area contributed by atoms with Crippen LogP contribution in [0.2, 0.25) is 0 Å². The van der Waals surface area contributed by atoms with Gasteiger partial charge in [-0.3, -0.25) is 4.79 Å². The van der Waals surface area contributed by atoms with Crippen molar-refractivity contribution in [1.82, 2.24) is 4.31 Å². The molecule has 0 N–H and O–H groups in total. The average Bonchev–Trinajstić information content (AvgIpc) is 2.55. The van der Waals surface area contributed by atoms with E-state index in [1.54, 1.807) is 45.0 Å². The second-order valence-electron chi connectivity index (χ2n) is 8.01. The Hall–Kier alpha value is -1.40. The van der Waals surface area contributed by atoms with Gasteiger partial charge < -0.3 is 4.74 Å². The minimum atomic E-state index is -3.73. The Labute approximate surface area is 165 Å². The number of nitrogens with zero attached hydrogens (tertiary/aromatic N) is 1. The number of unbranched alkanes of at least 4 members (excludes halogenated alkanes) is 5. The molecule has 154 valence electrons. The Bertz CT molecular complexity index is 675. The summed E-state index contributed by atoms with van der Waals surface area (Å²) in [5.74, 6) is -0.524. The van der Waals surface area contributed by atoms with Crippen LogP contribution in [0.25, 0.3) is 0 Å². The summed E-state index contributed by atoms with van der Waals surface area (Å²) >= 11 is 0. The Morgan fingerprint density at radius 2 is 1.56 bits per heavy atom. The Kier molecular flexibility index (Phi) is 9.47. The molecule has 0 heterocycles. The lowest BCUT2D eigenvalue weighted by Gasteiger charge is -2.25. The summed E-state index contributed by atoms with van der Waals surface area (Å²) < 4.78 is 32.6. The van der Waals surface area contributed by atoms with Crippen molar-refractivity contribution in [2.75, 3.05) is 13.1 Å². The van der Waals surface area contributed by atoms with Crippen LogP contribution in [0.15, 0.2) is 29.2 Å². The van der Waals surface area contributed by atoms with Gasteiger partial charge in [0, 0.05) is 6.54 Å². The van der Waals surface area contributed by atoms with Gasteiger partial charge in [-0.15, -0.1) is 0 Å². The highest BCUT2D eigenvalue weighted by Crippen LogP contribution is 2.19. The third-order valence-corrected chi connectivity index (χ3v) is 6.00. The van der Waals surface area contributed by atoms with Gasteiger partial charge in [0.1, 0.15) is 12.1 Å². The predicted molar refractivity (Wildman–Crippen MR) is 109 cm³/mol.